The van der Waals surface area contributed by atoms with Crippen LogP contribution in [0.15, 0.2) is 18.2 Å². The lowest BCUT2D eigenvalue weighted by Gasteiger charge is -2.11. The van der Waals surface area contributed by atoms with E-state index in [4.69, 9.17) is 4.74 Å². The molecular weight excluding hydrogens is 316 g/mol. The molecule has 1 aromatic carbocycles. The molecule has 0 amide bonds. The zero-order chi connectivity index (χ0) is 18.3. The van der Waals surface area contributed by atoms with Crippen molar-refractivity contribution >= 4 is 0 Å². The maximum atomic E-state index is 6.07. The predicted molar refractivity (Wildman–Crippen MR) is 113 cm³/mol. The highest BCUT2D eigenvalue weighted by Gasteiger charge is 2.13. The minimum absolute atomic E-state index is 0.864. The second kappa shape index (κ2) is 14.1. The van der Waals surface area contributed by atoms with Crippen LogP contribution >= 0.6 is 0 Å². The van der Waals surface area contributed by atoms with E-state index in [0.29, 0.717) is 0 Å². The lowest BCUT2D eigenvalue weighted by Crippen LogP contribution is -2.01. The molecule has 0 atom stereocenters. The highest BCUT2D eigenvalue weighted by Crippen LogP contribution is 2.29. The summed E-state index contributed by atoms with van der Waals surface area (Å²) in [5, 5.41) is 0. The van der Waals surface area contributed by atoms with Gasteiger partial charge < -0.3 is 4.74 Å². The Kier molecular flexibility index (Phi) is 11.6. The molecule has 0 spiro atoms. The van der Waals surface area contributed by atoms with Crippen molar-refractivity contribution in [3.63, 3.8) is 0 Å². The van der Waals surface area contributed by atoms with Crippen LogP contribution in [0.25, 0.3) is 0 Å². The number of hydrogen-bond donors (Lipinski definition) is 0. The Morgan fingerprint density at radius 2 is 1.65 bits per heavy atom. The van der Waals surface area contributed by atoms with Crippen LogP contribution in [0.1, 0.15) is 109 Å². The largest absolute Gasteiger partial charge is 0.493 e. The summed E-state index contributed by atoms with van der Waals surface area (Å²) in [5.74, 6) is 2.14. The van der Waals surface area contributed by atoms with Crippen molar-refractivity contribution in [1.29, 1.82) is 0 Å². The highest BCUT2D eigenvalue weighted by molar-refractivity contribution is 5.32. The fourth-order valence-electron chi connectivity index (χ4n) is 4.25. The average molecular weight is 358 g/mol. The minimum atomic E-state index is 0.864. The first-order valence-electron chi connectivity index (χ1n) is 11.5. The first-order chi connectivity index (χ1) is 12.9. The Hall–Kier alpha value is -0.980. The molecule has 0 unspecified atom stereocenters. The Balaban J connectivity index is 1.50. The van der Waals surface area contributed by atoms with Crippen molar-refractivity contribution in [2.75, 3.05) is 6.61 Å². The second-order valence-electron chi connectivity index (χ2n) is 8.25. The van der Waals surface area contributed by atoms with Gasteiger partial charge in [0.25, 0.3) is 0 Å². The van der Waals surface area contributed by atoms with Crippen LogP contribution in [0.2, 0.25) is 0 Å². The number of unbranched alkanes of at least 4 members (excludes halogenated alkanes) is 8. The fraction of sp³-hybridized carbons (Fsp3) is 0.760. The normalized spacial score (nSPS) is 14.8. The molecule has 147 valence electrons. The van der Waals surface area contributed by atoms with Crippen LogP contribution < -0.4 is 4.74 Å². The lowest BCUT2D eigenvalue weighted by atomic mass is 9.99. The highest BCUT2D eigenvalue weighted by atomic mass is 16.5. The van der Waals surface area contributed by atoms with Crippen LogP contribution in [0.5, 0.6) is 5.75 Å². The van der Waals surface area contributed by atoms with E-state index in [-0.39, 0.29) is 0 Å². The zero-order valence-electron chi connectivity index (χ0n) is 17.2. The molecule has 0 bridgehead atoms. The van der Waals surface area contributed by atoms with Crippen molar-refractivity contribution in [3.8, 4) is 5.75 Å². The van der Waals surface area contributed by atoms with E-state index in [0.717, 1.165) is 24.7 Å². The second-order valence-corrected chi connectivity index (χ2v) is 8.25. The van der Waals surface area contributed by atoms with Crippen LogP contribution in [0.4, 0.5) is 0 Å². The van der Waals surface area contributed by atoms with Crippen LogP contribution in [0.3, 0.4) is 0 Å². The van der Waals surface area contributed by atoms with Crippen LogP contribution in [-0.4, -0.2) is 6.61 Å². The van der Waals surface area contributed by atoms with Gasteiger partial charge in [-0.1, -0.05) is 103 Å². The molecule has 1 heteroatoms. The van der Waals surface area contributed by atoms with E-state index < -0.39 is 0 Å². The van der Waals surface area contributed by atoms with Crippen molar-refractivity contribution in [3.05, 3.63) is 29.8 Å². The standard InChI is InChI=1S/C25H41O/c1-2-3-4-6-10-19-24-20-13-14-21-25(24)26-22-15-8-5-7-9-16-23-17-11-12-18-23/h13,20-21,23H,2-12,15-19,22H2,1H3. The van der Waals surface area contributed by atoms with E-state index in [1.54, 1.807) is 0 Å². The third kappa shape index (κ3) is 9.10. The van der Waals surface area contributed by atoms with Gasteiger partial charge in [0.2, 0.25) is 0 Å². The smallest absolute Gasteiger partial charge is 0.123 e. The van der Waals surface area contributed by atoms with Crippen molar-refractivity contribution in [2.24, 2.45) is 5.92 Å². The molecule has 1 aromatic rings. The van der Waals surface area contributed by atoms with Gasteiger partial charge in [-0.05, 0) is 42.9 Å². The number of benzene rings is 1. The fourth-order valence-corrected chi connectivity index (χ4v) is 4.25. The van der Waals surface area contributed by atoms with Gasteiger partial charge in [-0.25, -0.2) is 0 Å². The molecular formula is C25H41O. The SMILES string of the molecule is CCCCCCCc1cc[c]cc1OCCCCCCCC1CCCC1. The van der Waals surface area contributed by atoms with Gasteiger partial charge in [-0.3, -0.25) is 0 Å². The molecule has 2 rings (SSSR count). The van der Waals surface area contributed by atoms with Crippen molar-refractivity contribution in [2.45, 2.75) is 110 Å². The maximum Gasteiger partial charge on any atom is 0.123 e. The lowest BCUT2D eigenvalue weighted by molar-refractivity contribution is 0.300. The Morgan fingerprint density at radius 3 is 2.50 bits per heavy atom. The first-order valence-corrected chi connectivity index (χ1v) is 11.5. The Morgan fingerprint density at radius 1 is 0.923 bits per heavy atom. The first kappa shape index (κ1) is 21.3. The van der Waals surface area contributed by atoms with Gasteiger partial charge in [0.1, 0.15) is 5.75 Å². The molecule has 1 saturated carbocycles. The zero-order valence-corrected chi connectivity index (χ0v) is 17.2. The molecule has 0 aromatic heterocycles. The summed E-state index contributed by atoms with van der Waals surface area (Å²) in [4.78, 5) is 0. The molecule has 1 radical (unpaired) electrons. The average Bonchev–Trinajstić information content (AvgIpc) is 3.18. The summed E-state index contributed by atoms with van der Waals surface area (Å²) in [6.45, 7) is 3.14. The summed E-state index contributed by atoms with van der Waals surface area (Å²) in [5.41, 5.74) is 1.37. The molecule has 0 N–H and O–H groups in total. The van der Waals surface area contributed by atoms with Gasteiger partial charge in [-0.2, -0.15) is 0 Å². The quantitative estimate of drug-likeness (QED) is 0.290. The summed E-state index contributed by atoms with van der Waals surface area (Å²) in [6.07, 6.45) is 22.0. The number of ether oxygens (including phenoxy) is 1. The van der Waals surface area contributed by atoms with Gasteiger partial charge in [0.15, 0.2) is 0 Å². The summed E-state index contributed by atoms with van der Waals surface area (Å²) in [7, 11) is 0. The van der Waals surface area contributed by atoms with E-state index in [2.05, 4.69) is 19.1 Å². The van der Waals surface area contributed by atoms with Crippen LogP contribution in [-0.2, 0) is 6.42 Å². The molecule has 1 aliphatic rings. The molecule has 0 aliphatic heterocycles. The topological polar surface area (TPSA) is 9.23 Å². The van der Waals surface area contributed by atoms with Gasteiger partial charge in [0, 0.05) is 0 Å². The van der Waals surface area contributed by atoms with E-state index >= 15 is 0 Å². The van der Waals surface area contributed by atoms with E-state index in [1.165, 1.54) is 102 Å². The summed E-state index contributed by atoms with van der Waals surface area (Å²) < 4.78 is 6.07. The monoisotopic (exact) mass is 357 g/mol. The van der Waals surface area contributed by atoms with Crippen LogP contribution in [0, 0.1) is 12.0 Å². The molecule has 0 heterocycles. The molecule has 0 saturated heterocycles. The number of rotatable bonds is 15. The molecule has 26 heavy (non-hydrogen) atoms. The third-order valence-electron chi connectivity index (χ3n) is 5.95. The van der Waals surface area contributed by atoms with Gasteiger partial charge >= 0.3 is 0 Å². The van der Waals surface area contributed by atoms with E-state index in [1.807, 2.05) is 12.1 Å². The maximum absolute atomic E-state index is 6.07. The molecule has 1 nitrogen and oxygen atoms in total. The van der Waals surface area contributed by atoms with Crippen molar-refractivity contribution in [1.82, 2.24) is 0 Å². The number of hydrogen-bond acceptors (Lipinski definition) is 1. The van der Waals surface area contributed by atoms with Gasteiger partial charge in [0.05, 0.1) is 6.61 Å². The summed E-state index contributed by atoms with van der Waals surface area (Å²) >= 11 is 0. The Bertz CT molecular complexity index is 447. The van der Waals surface area contributed by atoms with E-state index in [9.17, 15) is 0 Å². The number of aryl methyl sites for hydroxylation is 1. The minimum Gasteiger partial charge on any atom is -0.493 e. The third-order valence-corrected chi connectivity index (χ3v) is 5.95. The summed E-state index contributed by atoms with van der Waals surface area (Å²) in [6, 6.07) is 9.43. The molecule has 1 aliphatic carbocycles. The van der Waals surface area contributed by atoms with Crippen molar-refractivity contribution < 1.29 is 4.74 Å². The molecule has 1 fully saturated rings. The predicted octanol–water partition coefficient (Wildman–Crippen LogP) is 7.91. The van der Waals surface area contributed by atoms with Gasteiger partial charge in [-0.15, -0.1) is 0 Å². The Labute approximate surface area is 162 Å².